The van der Waals surface area contributed by atoms with E-state index in [1.165, 1.54) is 0 Å². The minimum atomic E-state index is -0.988. The maximum atomic E-state index is 12.4. The molecular weight excluding hydrogens is 268 g/mol. The van der Waals surface area contributed by atoms with E-state index in [0.29, 0.717) is 13.1 Å². The van der Waals surface area contributed by atoms with Crippen LogP contribution in [0.15, 0.2) is 0 Å². The minimum Gasteiger partial charge on any atom is -0.481 e. The number of carbonyl (C=O) groups excluding carboxylic acids is 1. The third-order valence-electron chi connectivity index (χ3n) is 4.86. The summed E-state index contributed by atoms with van der Waals surface area (Å²) in [5.41, 5.74) is -0.874. The molecule has 1 fully saturated rings. The van der Waals surface area contributed by atoms with Crippen LogP contribution < -0.4 is 0 Å². The van der Waals surface area contributed by atoms with E-state index >= 15 is 0 Å². The van der Waals surface area contributed by atoms with Crippen LogP contribution in [0.25, 0.3) is 0 Å². The number of carboxylic acids is 1. The highest BCUT2D eigenvalue weighted by Gasteiger charge is 2.40. The smallest absolute Gasteiger partial charge is 0.310 e. The molecule has 5 nitrogen and oxygen atoms in total. The molecule has 1 saturated heterocycles. The van der Waals surface area contributed by atoms with E-state index in [1.54, 1.807) is 6.92 Å². The highest BCUT2D eigenvalue weighted by molar-refractivity contribution is 5.85. The summed E-state index contributed by atoms with van der Waals surface area (Å²) in [6, 6.07) is 0. The fraction of sp³-hybridized carbons (Fsp3) is 0.875. The molecule has 0 spiro atoms. The normalized spacial score (nSPS) is 20.4. The average molecular weight is 298 g/mol. The summed E-state index contributed by atoms with van der Waals surface area (Å²) < 4.78 is 0. The standard InChI is InChI=1S/C16H30N2O3/c1-12(2)16(6,14(20)21)11-13(19)17-7-9-18(10-8-17)15(3,4)5/h12H,7-11H2,1-6H3,(H,20,21). The SMILES string of the molecule is CC(C)C(C)(CC(=O)N1CCN(C(C)(C)C)CC1)C(=O)O. The van der Waals surface area contributed by atoms with Crippen molar-refractivity contribution in [3.63, 3.8) is 0 Å². The molecule has 0 bridgehead atoms. The van der Waals surface area contributed by atoms with Crippen molar-refractivity contribution in [2.75, 3.05) is 26.2 Å². The van der Waals surface area contributed by atoms with Crippen molar-refractivity contribution in [2.24, 2.45) is 11.3 Å². The van der Waals surface area contributed by atoms with Crippen molar-refractivity contribution in [2.45, 2.75) is 53.5 Å². The van der Waals surface area contributed by atoms with Crippen LogP contribution >= 0.6 is 0 Å². The monoisotopic (exact) mass is 298 g/mol. The molecule has 1 unspecified atom stereocenters. The van der Waals surface area contributed by atoms with Gasteiger partial charge in [0.25, 0.3) is 0 Å². The molecule has 1 rings (SSSR count). The molecule has 1 N–H and O–H groups in total. The van der Waals surface area contributed by atoms with E-state index in [-0.39, 0.29) is 23.8 Å². The molecule has 122 valence electrons. The van der Waals surface area contributed by atoms with Crippen LogP contribution in [0.2, 0.25) is 0 Å². The molecule has 1 atom stereocenters. The van der Waals surface area contributed by atoms with Gasteiger partial charge in [0.2, 0.25) is 5.91 Å². The Labute approximate surface area is 128 Å². The van der Waals surface area contributed by atoms with Gasteiger partial charge in [-0.3, -0.25) is 14.5 Å². The van der Waals surface area contributed by atoms with Crippen LogP contribution in [0.1, 0.15) is 48.0 Å². The summed E-state index contributed by atoms with van der Waals surface area (Å²) in [4.78, 5) is 28.1. The number of rotatable bonds is 4. The molecule has 0 aromatic carbocycles. The van der Waals surface area contributed by atoms with Gasteiger partial charge in [0, 0.05) is 38.1 Å². The van der Waals surface area contributed by atoms with Gasteiger partial charge in [0.15, 0.2) is 0 Å². The summed E-state index contributed by atoms with van der Waals surface area (Å²) in [6.45, 7) is 15.0. The van der Waals surface area contributed by atoms with Crippen molar-refractivity contribution in [1.29, 1.82) is 0 Å². The lowest BCUT2D eigenvalue weighted by Gasteiger charge is -2.43. The lowest BCUT2D eigenvalue weighted by molar-refractivity contribution is -0.156. The maximum Gasteiger partial charge on any atom is 0.310 e. The van der Waals surface area contributed by atoms with Gasteiger partial charge in [-0.1, -0.05) is 13.8 Å². The number of carbonyl (C=O) groups is 2. The third kappa shape index (κ3) is 4.19. The first-order valence-electron chi connectivity index (χ1n) is 7.74. The molecule has 0 saturated carbocycles. The number of nitrogens with zero attached hydrogens (tertiary/aromatic N) is 2. The van der Waals surface area contributed by atoms with Gasteiger partial charge in [-0.05, 0) is 33.6 Å². The Balaban J connectivity index is 2.64. The van der Waals surface area contributed by atoms with E-state index in [2.05, 4.69) is 25.7 Å². The van der Waals surface area contributed by atoms with Gasteiger partial charge < -0.3 is 10.0 Å². The Morgan fingerprint density at radius 1 is 1.05 bits per heavy atom. The summed E-state index contributed by atoms with van der Waals surface area (Å²) in [5.74, 6) is -1.00. The Morgan fingerprint density at radius 3 is 1.86 bits per heavy atom. The summed E-state index contributed by atoms with van der Waals surface area (Å²) >= 11 is 0. The largest absolute Gasteiger partial charge is 0.481 e. The molecule has 1 heterocycles. The highest BCUT2D eigenvalue weighted by Crippen LogP contribution is 2.32. The molecule has 0 aliphatic carbocycles. The zero-order valence-electron chi connectivity index (χ0n) is 14.3. The molecule has 0 radical (unpaired) electrons. The van der Waals surface area contributed by atoms with Crippen molar-refractivity contribution < 1.29 is 14.7 Å². The first-order valence-corrected chi connectivity index (χ1v) is 7.74. The van der Waals surface area contributed by atoms with Crippen LogP contribution in [-0.2, 0) is 9.59 Å². The lowest BCUT2D eigenvalue weighted by atomic mass is 9.76. The van der Waals surface area contributed by atoms with Crippen molar-refractivity contribution in [3.05, 3.63) is 0 Å². The Kier molecular flexibility index (Phi) is 5.42. The second-order valence-corrected chi connectivity index (χ2v) is 7.59. The van der Waals surface area contributed by atoms with E-state index < -0.39 is 11.4 Å². The topological polar surface area (TPSA) is 60.9 Å². The molecule has 5 heteroatoms. The summed E-state index contributed by atoms with van der Waals surface area (Å²) in [6.07, 6.45) is 0.0789. The lowest BCUT2D eigenvalue weighted by Crippen LogP contribution is -2.55. The number of carboxylic acid groups (broad SMARTS) is 1. The van der Waals surface area contributed by atoms with Gasteiger partial charge in [-0.2, -0.15) is 0 Å². The fourth-order valence-electron chi connectivity index (χ4n) is 2.58. The second kappa shape index (κ2) is 6.34. The number of amides is 1. The molecule has 21 heavy (non-hydrogen) atoms. The predicted molar refractivity (Wildman–Crippen MR) is 83.1 cm³/mol. The zero-order chi connectivity index (χ0) is 16.4. The number of hydrogen-bond acceptors (Lipinski definition) is 3. The second-order valence-electron chi connectivity index (χ2n) is 7.59. The van der Waals surface area contributed by atoms with E-state index in [4.69, 9.17) is 0 Å². The molecule has 0 aromatic heterocycles. The molecule has 1 amide bonds. The Hall–Kier alpha value is -1.10. The fourth-order valence-corrected chi connectivity index (χ4v) is 2.58. The van der Waals surface area contributed by atoms with Gasteiger partial charge in [0.05, 0.1) is 5.41 Å². The number of hydrogen-bond donors (Lipinski definition) is 1. The first-order chi connectivity index (χ1) is 9.48. The molecular formula is C16H30N2O3. The van der Waals surface area contributed by atoms with E-state index in [0.717, 1.165) is 13.1 Å². The van der Waals surface area contributed by atoms with E-state index in [1.807, 2.05) is 18.7 Å². The predicted octanol–water partition coefficient (Wildman–Crippen LogP) is 2.07. The number of aliphatic carboxylic acids is 1. The summed E-state index contributed by atoms with van der Waals surface area (Å²) in [5, 5.41) is 9.42. The van der Waals surface area contributed by atoms with E-state index in [9.17, 15) is 14.7 Å². The Morgan fingerprint density at radius 2 is 1.52 bits per heavy atom. The van der Waals surface area contributed by atoms with Crippen LogP contribution in [0.5, 0.6) is 0 Å². The van der Waals surface area contributed by atoms with Gasteiger partial charge in [-0.15, -0.1) is 0 Å². The maximum absolute atomic E-state index is 12.4. The van der Waals surface area contributed by atoms with Crippen LogP contribution in [-0.4, -0.2) is 58.5 Å². The highest BCUT2D eigenvalue weighted by atomic mass is 16.4. The van der Waals surface area contributed by atoms with Crippen molar-refractivity contribution in [1.82, 2.24) is 9.80 Å². The molecule has 1 aliphatic heterocycles. The van der Waals surface area contributed by atoms with Gasteiger partial charge in [-0.25, -0.2) is 0 Å². The minimum absolute atomic E-state index is 0.0397. The first kappa shape index (κ1) is 18.0. The molecule has 0 aromatic rings. The van der Waals surface area contributed by atoms with Gasteiger partial charge >= 0.3 is 5.97 Å². The van der Waals surface area contributed by atoms with Crippen LogP contribution in [0, 0.1) is 11.3 Å². The van der Waals surface area contributed by atoms with Crippen molar-refractivity contribution >= 4 is 11.9 Å². The average Bonchev–Trinajstić information content (AvgIpc) is 2.37. The van der Waals surface area contributed by atoms with Crippen LogP contribution in [0.3, 0.4) is 0 Å². The quantitative estimate of drug-likeness (QED) is 0.863. The number of piperazine rings is 1. The Bertz CT molecular complexity index is 393. The third-order valence-corrected chi connectivity index (χ3v) is 4.86. The van der Waals surface area contributed by atoms with Crippen LogP contribution in [0.4, 0.5) is 0 Å². The zero-order valence-corrected chi connectivity index (χ0v) is 14.3. The van der Waals surface area contributed by atoms with Gasteiger partial charge in [0.1, 0.15) is 0 Å². The molecule has 1 aliphatic rings. The summed E-state index contributed by atoms with van der Waals surface area (Å²) in [7, 11) is 0. The van der Waals surface area contributed by atoms with Crippen molar-refractivity contribution in [3.8, 4) is 0 Å².